The summed E-state index contributed by atoms with van der Waals surface area (Å²) in [5.41, 5.74) is 1.78. The monoisotopic (exact) mass is 360 g/mol. The molecule has 1 heterocycles. The number of para-hydroxylation sites is 1. The van der Waals surface area contributed by atoms with E-state index in [1.54, 1.807) is 48.0 Å². The molecule has 0 atom stereocenters. The number of hydrogen-bond acceptors (Lipinski definition) is 2. The van der Waals surface area contributed by atoms with E-state index in [1.165, 1.54) is 12.1 Å². The molecule has 0 bridgehead atoms. The molecular weight excluding hydrogens is 343 g/mol. The van der Waals surface area contributed by atoms with E-state index in [2.05, 4.69) is 5.32 Å². The summed E-state index contributed by atoms with van der Waals surface area (Å²) < 4.78 is 20.9. The molecule has 0 radical (unpaired) electrons. The average molecular weight is 360 g/mol. The minimum Gasteiger partial charge on any atom is -0.457 e. The number of aromatic nitrogens is 1. The van der Waals surface area contributed by atoms with E-state index in [4.69, 9.17) is 4.74 Å². The van der Waals surface area contributed by atoms with Crippen LogP contribution in [-0.2, 0) is 7.05 Å². The zero-order chi connectivity index (χ0) is 18.8. The number of hydrogen-bond donors (Lipinski definition) is 1. The first kappa shape index (κ1) is 16.8. The van der Waals surface area contributed by atoms with Crippen LogP contribution >= 0.6 is 0 Å². The molecule has 5 heteroatoms. The maximum absolute atomic E-state index is 13.4. The highest BCUT2D eigenvalue weighted by atomic mass is 19.1. The summed E-state index contributed by atoms with van der Waals surface area (Å²) in [5.74, 6) is 0.840. The minimum atomic E-state index is -0.329. The van der Waals surface area contributed by atoms with Gasteiger partial charge < -0.3 is 14.6 Å². The number of benzene rings is 3. The second kappa shape index (κ2) is 6.96. The van der Waals surface area contributed by atoms with Gasteiger partial charge in [0.15, 0.2) is 0 Å². The molecule has 1 N–H and O–H groups in total. The van der Waals surface area contributed by atoms with Gasteiger partial charge in [0, 0.05) is 18.1 Å². The Kier molecular flexibility index (Phi) is 4.34. The number of ether oxygens (including phenoxy) is 1. The van der Waals surface area contributed by atoms with Gasteiger partial charge in [-0.25, -0.2) is 4.39 Å². The van der Waals surface area contributed by atoms with E-state index in [9.17, 15) is 9.18 Å². The smallest absolute Gasteiger partial charge is 0.272 e. The van der Waals surface area contributed by atoms with Crippen LogP contribution in [-0.4, -0.2) is 10.5 Å². The zero-order valence-corrected chi connectivity index (χ0v) is 14.6. The standard InChI is InChI=1S/C22H17FN2O2/c1-25-20-14-16(23)8-7-15(20)13-21(25)22(26)24-17-9-11-19(12-10-17)27-18-5-3-2-4-6-18/h2-14H,1H3,(H,24,26). The van der Waals surface area contributed by atoms with Crippen molar-refractivity contribution in [1.29, 1.82) is 0 Å². The molecule has 0 spiro atoms. The largest absolute Gasteiger partial charge is 0.457 e. The van der Waals surface area contributed by atoms with Crippen molar-refractivity contribution in [2.75, 3.05) is 5.32 Å². The Hall–Kier alpha value is -3.60. The third-order valence-electron chi connectivity index (χ3n) is 4.33. The Morgan fingerprint density at radius 2 is 1.63 bits per heavy atom. The van der Waals surface area contributed by atoms with Crippen LogP contribution in [0.4, 0.5) is 10.1 Å². The first-order valence-electron chi connectivity index (χ1n) is 8.49. The lowest BCUT2D eigenvalue weighted by molar-refractivity contribution is 0.101. The summed E-state index contributed by atoms with van der Waals surface area (Å²) >= 11 is 0. The molecule has 4 rings (SSSR count). The van der Waals surface area contributed by atoms with Gasteiger partial charge in [-0.15, -0.1) is 0 Å². The Morgan fingerprint density at radius 1 is 0.926 bits per heavy atom. The summed E-state index contributed by atoms with van der Waals surface area (Å²) in [6, 6.07) is 22.8. The fourth-order valence-corrected chi connectivity index (χ4v) is 2.95. The van der Waals surface area contributed by atoms with Crippen molar-refractivity contribution in [3.8, 4) is 11.5 Å². The van der Waals surface area contributed by atoms with E-state index in [1.807, 2.05) is 30.3 Å². The van der Waals surface area contributed by atoms with Crippen LogP contribution < -0.4 is 10.1 Å². The lowest BCUT2D eigenvalue weighted by atomic mass is 10.2. The van der Waals surface area contributed by atoms with Gasteiger partial charge in [-0.2, -0.15) is 0 Å². The minimum absolute atomic E-state index is 0.258. The number of fused-ring (bicyclic) bond motifs is 1. The van der Waals surface area contributed by atoms with E-state index >= 15 is 0 Å². The van der Waals surface area contributed by atoms with E-state index in [0.29, 0.717) is 22.6 Å². The molecule has 4 nitrogen and oxygen atoms in total. The summed E-state index contributed by atoms with van der Waals surface area (Å²) in [6.45, 7) is 0. The van der Waals surface area contributed by atoms with Crippen LogP contribution in [0.3, 0.4) is 0 Å². The number of amides is 1. The van der Waals surface area contributed by atoms with Crippen molar-refractivity contribution in [3.05, 3.63) is 90.4 Å². The quantitative estimate of drug-likeness (QED) is 0.532. The van der Waals surface area contributed by atoms with Crippen molar-refractivity contribution in [3.63, 3.8) is 0 Å². The second-order valence-corrected chi connectivity index (χ2v) is 6.19. The molecule has 0 aliphatic heterocycles. The Morgan fingerprint density at radius 3 is 2.37 bits per heavy atom. The molecule has 0 saturated heterocycles. The van der Waals surface area contributed by atoms with Crippen LogP contribution in [0.25, 0.3) is 10.9 Å². The second-order valence-electron chi connectivity index (χ2n) is 6.19. The number of rotatable bonds is 4. The van der Waals surface area contributed by atoms with Gasteiger partial charge in [-0.3, -0.25) is 4.79 Å². The van der Waals surface area contributed by atoms with Crippen molar-refractivity contribution < 1.29 is 13.9 Å². The van der Waals surface area contributed by atoms with Crippen LogP contribution in [0.5, 0.6) is 11.5 Å². The molecule has 4 aromatic rings. The molecule has 134 valence electrons. The number of nitrogens with zero attached hydrogens (tertiary/aromatic N) is 1. The van der Waals surface area contributed by atoms with Gasteiger partial charge >= 0.3 is 0 Å². The first-order valence-corrected chi connectivity index (χ1v) is 8.49. The number of halogens is 1. The van der Waals surface area contributed by atoms with Gasteiger partial charge in [0.2, 0.25) is 0 Å². The molecule has 0 saturated carbocycles. The fourth-order valence-electron chi connectivity index (χ4n) is 2.95. The predicted octanol–water partition coefficient (Wildman–Crippen LogP) is 5.36. The SMILES string of the molecule is Cn1c(C(=O)Nc2ccc(Oc3ccccc3)cc2)cc2ccc(F)cc21. The topological polar surface area (TPSA) is 43.3 Å². The maximum atomic E-state index is 13.4. The lowest BCUT2D eigenvalue weighted by Crippen LogP contribution is -2.15. The Labute approximate surface area is 155 Å². The third-order valence-corrected chi connectivity index (χ3v) is 4.33. The molecule has 3 aromatic carbocycles. The van der Waals surface area contributed by atoms with Crippen LogP contribution in [0.2, 0.25) is 0 Å². The molecule has 27 heavy (non-hydrogen) atoms. The van der Waals surface area contributed by atoms with Gasteiger partial charge in [-0.05, 0) is 60.7 Å². The van der Waals surface area contributed by atoms with Gasteiger partial charge in [0.25, 0.3) is 5.91 Å². The lowest BCUT2D eigenvalue weighted by Gasteiger charge is -2.09. The normalized spacial score (nSPS) is 10.7. The molecule has 0 aliphatic carbocycles. The molecule has 1 aromatic heterocycles. The predicted molar refractivity (Wildman–Crippen MR) is 104 cm³/mol. The van der Waals surface area contributed by atoms with E-state index in [-0.39, 0.29) is 11.7 Å². The highest BCUT2D eigenvalue weighted by molar-refractivity contribution is 6.06. The highest BCUT2D eigenvalue weighted by Gasteiger charge is 2.14. The van der Waals surface area contributed by atoms with Crippen molar-refractivity contribution in [2.24, 2.45) is 7.05 Å². The van der Waals surface area contributed by atoms with Crippen molar-refractivity contribution in [1.82, 2.24) is 4.57 Å². The molecule has 0 fully saturated rings. The summed E-state index contributed by atoms with van der Waals surface area (Å²) in [4.78, 5) is 12.6. The molecule has 0 unspecified atom stereocenters. The summed E-state index contributed by atoms with van der Waals surface area (Å²) in [5, 5.41) is 3.67. The fraction of sp³-hybridized carbons (Fsp3) is 0.0455. The van der Waals surface area contributed by atoms with Crippen molar-refractivity contribution in [2.45, 2.75) is 0 Å². The van der Waals surface area contributed by atoms with Crippen LogP contribution in [0, 0.1) is 5.82 Å². The van der Waals surface area contributed by atoms with Crippen LogP contribution in [0.15, 0.2) is 78.9 Å². The summed E-state index contributed by atoms with van der Waals surface area (Å²) in [7, 11) is 1.74. The van der Waals surface area contributed by atoms with Gasteiger partial charge in [-0.1, -0.05) is 18.2 Å². The summed E-state index contributed by atoms with van der Waals surface area (Å²) in [6.07, 6.45) is 0. The van der Waals surface area contributed by atoms with Gasteiger partial charge in [0.1, 0.15) is 23.0 Å². The Bertz CT molecular complexity index is 1100. The Balaban J connectivity index is 1.50. The van der Waals surface area contributed by atoms with Crippen LogP contribution in [0.1, 0.15) is 10.5 Å². The number of nitrogens with one attached hydrogen (secondary N) is 1. The van der Waals surface area contributed by atoms with Gasteiger partial charge in [0.05, 0.1) is 5.52 Å². The number of carbonyl (C=O) groups excluding carboxylic acids is 1. The van der Waals surface area contributed by atoms with E-state index < -0.39 is 0 Å². The van der Waals surface area contributed by atoms with E-state index in [0.717, 1.165) is 11.1 Å². The average Bonchev–Trinajstić information content (AvgIpc) is 3.00. The number of carbonyl (C=O) groups is 1. The first-order chi connectivity index (χ1) is 13.1. The molecule has 0 aliphatic rings. The third kappa shape index (κ3) is 3.53. The number of aryl methyl sites for hydroxylation is 1. The number of anilines is 1. The van der Waals surface area contributed by atoms with Crippen molar-refractivity contribution >= 4 is 22.5 Å². The molecular formula is C22H17FN2O2. The maximum Gasteiger partial charge on any atom is 0.272 e. The zero-order valence-electron chi connectivity index (χ0n) is 14.6. The molecule has 1 amide bonds. The highest BCUT2D eigenvalue weighted by Crippen LogP contribution is 2.24.